The van der Waals surface area contributed by atoms with E-state index in [-0.39, 0.29) is 29.4 Å². The van der Waals surface area contributed by atoms with Gasteiger partial charge in [0.15, 0.2) is 20.7 Å². The molecule has 21 nitrogen and oxygen atoms in total. The maximum Gasteiger partial charge on any atom is 0.275 e. The number of fused-ring (bicyclic) bond motifs is 5. The largest absolute Gasteiger partial charge is 0.392 e. The van der Waals surface area contributed by atoms with Gasteiger partial charge in [-0.2, -0.15) is 0 Å². The zero-order chi connectivity index (χ0) is 70.5. The summed E-state index contributed by atoms with van der Waals surface area (Å²) in [4.78, 5) is 82.2. The maximum absolute atomic E-state index is 13.3. The van der Waals surface area contributed by atoms with Gasteiger partial charge in [0.2, 0.25) is 0 Å². The molecule has 522 valence electrons. The van der Waals surface area contributed by atoms with Crippen molar-refractivity contribution < 1.29 is 24.2 Å². The first kappa shape index (κ1) is 68.0. The van der Waals surface area contributed by atoms with Crippen LogP contribution < -0.4 is 16.0 Å². The van der Waals surface area contributed by atoms with Crippen LogP contribution in [0.5, 0.6) is 0 Å². The Labute approximate surface area is 614 Å². The van der Waals surface area contributed by atoms with Crippen LogP contribution in [-0.4, -0.2) is 157 Å². The Hall–Kier alpha value is -10.4. The van der Waals surface area contributed by atoms with Crippen molar-refractivity contribution in [3.8, 4) is 44.3 Å². The van der Waals surface area contributed by atoms with Gasteiger partial charge in [-0.05, 0) is 72.1 Å². The zero-order valence-corrected chi connectivity index (χ0v) is 60.1. The first-order valence-corrected chi connectivity index (χ1v) is 38.0. The molecule has 0 spiro atoms. The lowest BCUT2D eigenvalue weighted by Crippen LogP contribution is -2.43. The number of rotatable bonds is 17. The van der Waals surface area contributed by atoms with Crippen LogP contribution in [0.3, 0.4) is 0 Å². The second-order valence-corrected chi connectivity index (χ2v) is 29.4. The number of piperazine rings is 1. The molecule has 0 bridgehead atoms. The quantitative estimate of drug-likeness (QED) is 0.0621. The summed E-state index contributed by atoms with van der Waals surface area (Å²) in [7, 11) is 0. The van der Waals surface area contributed by atoms with Crippen molar-refractivity contribution in [2.75, 3.05) is 76.2 Å². The van der Waals surface area contributed by atoms with Gasteiger partial charge >= 0.3 is 0 Å². The molecule has 3 saturated heterocycles. The highest BCUT2D eigenvalue weighted by molar-refractivity contribution is 7.17. The Morgan fingerprint density at radius 1 is 0.567 bits per heavy atom. The molecule has 0 saturated carbocycles. The van der Waals surface area contributed by atoms with E-state index in [1.165, 1.54) is 34.6 Å². The van der Waals surface area contributed by atoms with E-state index in [9.17, 15) is 19.5 Å². The minimum Gasteiger partial charge on any atom is -0.392 e. The number of hydrogen-bond acceptors (Lipinski definition) is 20. The van der Waals surface area contributed by atoms with Gasteiger partial charge in [-0.3, -0.25) is 52.3 Å². The molecular weight excluding hydrogens is 1380 g/mol. The normalized spacial score (nSPS) is 15.2. The van der Waals surface area contributed by atoms with Gasteiger partial charge < -0.3 is 25.8 Å². The number of ketones is 1. The fraction of sp³-hybridized carbons (Fsp3) is 0.215. The van der Waals surface area contributed by atoms with E-state index in [4.69, 9.17) is 19.7 Å². The van der Waals surface area contributed by atoms with E-state index in [0.29, 0.717) is 28.2 Å². The SMILES string of the molecule is Cc1nc(-c2cccnc2)sc1C(=O)Nc1ccccc1-c1cn2c(CN3CCOCC3)csc2n1.O=C(Cc1ccccc1-c1cn2c(CN3CC[C@@H](O)C3)csc2n1)c1ccc2ccccc2c1.O=C(Nc1ccccc1-c1cn2c(CN3CCNCC3)csc2n1)c1cnc2ccccc2n1. The fourth-order valence-electron chi connectivity index (χ4n) is 13.3. The Kier molecular flexibility index (Phi) is 20.2. The number of β-amino-alcohol motifs (C(OH)–C–C–N with tert-alkyl or cyclic N) is 1. The number of imidazole rings is 3. The molecule has 3 aliphatic heterocycles. The van der Waals surface area contributed by atoms with Crippen LogP contribution in [0.2, 0.25) is 0 Å². The van der Waals surface area contributed by atoms with E-state index in [1.54, 1.807) is 46.4 Å². The Morgan fingerprint density at radius 2 is 1.13 bits per heavy atom. The van der Waals surface area contributed by atoms with Crippen molar-refractivity contribution in [3.63, 3.8) is 0 Å². The number of aliphatic hydroxyl groups excluding tert-OH is 1. The third-order valence-electron chi connectivity index (χ3n) is 18.8. The minimum atomic E-state index is -0.300. The van der Waals surface area contributed by atoms with Crippen molar-refractivity contribution >= 4 is 111 Å². The first-order valence-electron chi connectivity index (χ1n) is 34.6. The lowest BCUT2D eigenvalue weighted by atomic mass is 9.96. The molecule has 1 atom stereocenters. The van der Waals surface area contributed by atoms with Crippen molar-refractivity contribution in [3.05, 3.63) is 249 Å². The van der Waals surface area contributed by atoms with Gasteiger partial charge in [0, 0.05) is 170 Å². The van der Waals surface area contributed by atoms with Gasteiger partial charge in [-0.1, -0.05) is 109 Å². The van der Waals surface area contributed by atoms with E-state index < -0.39 is 0 Å². The second kappa shape index (κ2) is 30.9. The number of Topliss-reactive ketones (excluding diaryl/α,β-unsaturated/α-hetero) is 1. The van der Waals surface area contributed by atoms with Gasteiger partial charge in [0.05, 0.1) is 70.7 Å². The molecule has 15 aromatic rings. The molecule has 2 amide bonds. The summed E-state index contributed by atoms with van der Waals surface area (Å²) in [5.74, 6) is -0.375. The van der Waals surface area contributed by atoms with Crippen molar-refractivity contribution in [1.29, 1.82) is 0 Å². The highest BCUT2D eigenvalue weighted by Crippen LogP contribution is 2.35. The molecule has 0 unspecified atom stereocenters. The number of anilines is 2. The molecule has 25 heteroatoms. The number of carbonyl (C=O) groups excluding carboxylic acids is 3. The molecule has 9 aromatic heterocycles. The van der Waals surface area contributed by atoms with Crippen molar-refractivity contribution in [1.82, 2.24) is 68.1 Å². The molecule has 12 heterocycles. The number of aliphatic hydroxyl groups is 1. The molecule has 6 aromatic carbocycles. The van der Waals surface area contributed by atoms with Gasteiger partial charge in [0.1, 0.15) is 15.6 Å². The van der Waals surface area contributed by atoms with Crippen LogP contribution in [-0.2, 0) is 30.8 Å². The number of aromatic nitrogens is 10. The average molecular weight is 1450 g/mol. The number of nitrogens with zero attached hydrogens (tertiary/aromatic N) is 13. The minimum absolute atomic E-state index is 0.104. The number of likely N-dealkylation sites (tertiary alicyclic amines) is 1. The number of benzene rings is 6. The molecule has 0 aliphatic carbocycles. The van der Waals surface area contributed by atoms with E-state index in [1.807, 2.05) is 153 Å². The molecule has 3 fully saturated rings. The number of hydrogen-bond donors (Lipinski definition) is 4. The summed E-state index contributed by atoms with van der Waals surface area (Å²) >= 11 is 6.27. The summed E-state index contributed by atoms with van der Waals surface area (Å²) in [6.45, 7) is 13.6. The van der Waals surface area contributed by atoms with E-state index >= 15 is 0 Å². The molecule has 0 radical (unpaired) electrons. The van der Waals surface area contributed by atoms with Crippen molar-refractivity contribution in [2.24, 2.45) is 0 Å². The molecule has 18 rings (SSSR count). The number of carbonyl (C=O) groups is 3. The lowest BCUT2D eigenvalue weighted by Gasteiger charge is -2.26. The van der Waals surface area contributed by atoms with Crippen LogP contribution in [0.15, 0.2) is 205 Å². The number of morpholine rings is 1. The standard InChI is InChI=1S/C28H25N3O2S.C26H24N6O2S2.C25H23N7OS/c32-24-11-12-30(16-24)15-23-18-34-28-29-26(17-31(23)28)25-8-4-3-7-21(25)14-27(33)22-10-9-19-5-1-2-6-20(19)13-22;1-17-23(36-25(28-17)18-5-4-8-27-13-18)24(33)29-21-7-3-2-6-20(21)22-15-32-19(16-35-26(32)30-22)14-31-9-11-34-12-10-31;33-24(22-13-27-20-7-3-4-8-21(20)28-22)29-19-6-2-1-5-18(19)23-15-32-17(16-34-25(32)30-23)14-31-11-9-26-10-12-31/h1-10,13,17-18,24,32H,11-12,14-16H2;2-8,13,15-16H,9-12,14H2,1H3,(H,29,33);1-8,13,15-16,26H,9-12,14H2,(H,29,33)/t24-;;/m1../s1. The van der Waals surface area contributed by atoms with Crippen LogP contribution in [0.25, 0.3) is 81.0 Å². The Morgan fingerprint density at radius 3 is 1.77 bits per heavy atom. The highest BCUT2D eigenvalue weighted by Gasteiger charge is 2.25. The Balaban J connectivity index is 0.000000120. The molecule has 3 aliphatic rings. The summed E-state index contributed by atoms with van der Waals surface area (Å²) < 4.78 is 11.9. The highest BCUT2D eigenvalue weighted by atomic mass is 32.1. The maximum atomic E-state index is 13.3. The number of thiazole rings is 4. The Bertz CT molecular complexity index is 5380. The number of nitrogens with one attached hydrogen (secondary N) is 3. The van der Waals surface area contributed by atoms with Crippen molar-refractivity contribution in [2.45, 2.75) is 45.5 Å². The lowest BCUT2D eigenvalue weighted by molar-refractivity contribution is 0.0336. The van der Waals surface area contributed by atoms with Gasteiger partial charge in [0.25, 0.3) is 11.8 Å². The van der Waals surface area contributed by atoms with Crippen LogP contribution in [0.1, 0.15) is 65.3 Å². The fourth-order valence-corrected chi connectivity index (χ4v) is 16.9. The van der Waals surface area contributed by atoms with E-state index in [0.717, 1.165) is 184 Å². The van der Waals surface area contributed by atoms with E-state index in [2.05, 4.69) is 105 Å². The number of pyridine rings is 1. The predicted octanol–water partition coefficient (Wildman–Crippen LogP) is 13.8. The van der Waals surface area contributed by atoms with Crippen LogP contribution in [0, 0.1) is 6.92 Å². The van der Waals surface area contributed by atoms with Crippen LogP contribution in [0.4, 0.5) is 11.4 Å². The third kappa shape index (κ3) is 15.2. The molecular formula is C79H72N16O5S4. The number of amides is 2. The zero-order valence-electron chi connectivity index (χ0n) is 56.8. The predicted molar refractivity (Wildman–Crippen MR) is 413 cm³/mol. The summed E-state index contributed by atoms with van der Waals surface area (Å²) in [6, 6.07) is 48.9. The third-order valence-corrected chi connectivity index (χ3v) is 22.6. The van der Waals surface area contributed by atoms with Gasteiger partial charge in [-0.25, -0.2) is 24.9 Å². The average Bonchev–Trinajstić information content (AvgIpc) is 1.64. The summed E-state index contributed by atoms with van der Waals surface area (Å²) in [5.41, 5.74) is 15.4. The van der Waals surface area contributed by atoms with Gasteiger partial charge in [-0.15, -0.1) is 45.3 Å². The molecule has 4 N–H and O–H groups in total. The van der Waals surface area contributed by atoms with Crippen LogP contribution >= 0.6 is 45.3 Å². The monoisotopic (exact) mass is 1450 g/mol. The smallest absolute Gasteiger partial charge is 0.275 e. The first-order chi connectivity index (χ1) is 51.0. The summed E-state index contributed by atoms with van der Waals surface area (Å²) in [6.07, 6.45) is 12.1. The number of ether oxygens (including phenoxy) is 1. The summed E-state index contributed by atoms with van der Waals surface area (Å²) in [5, 5.41) is 28.8. The number of para-hydroxylation sites is 4. The number of aryl methyl sites for hydroxylation is 1. The topological polar surface area (TPSA) is 230 Å². The second-order valence-electron chi connectivity index (χ2n) is 25.8. The molecule has 104 heavy (non-hydrogen) atoms.